The van der Waals surface area contributed by atoms with Crippen LogP contribution in [-0.4, -0.2) is 25.3 Å². The highest BCUT2D eigenvalue weighted by Gasteiger charge is 2.29. The van der Waals surface area contributed by atoms with E-state index in [1.807, 2.05) is 54.6 Å². The van der Waals surface area contributed by atoms with Crippen molar-refractivity contribution in [1.29, 1.82) is 0 Å². The molecular weight excluding hydrogens is 419 g/mol. The molecule has 5 aromatic rings. The molecule has 5 rings (SSSR count). The minimum absolute atomic E-state index is 0.122. The van der Waals surface area contributed by atoms with Gasteiger partial charge in [-0.2, -0.15) is 13.2 Å². The number of alkyl halides is 3. The summed E-state index contributed by atoms with van der Waals surface area (Å²) >= 11 is 0. The third-order valence-electron chi connectivity index (χ3n) is 4.13. The molecule has 0 radical (unpaired) electrons. The molecule has 0 aliphatic rings. The molecule has 0 atom stereocenters. The summed E-state index contributed by atoms with van der Waals surface area (Å²) in [5, 5.41) is 14.6. The highest BCUT2D eigenvalue weighted by molar-refractivity contribution is 5.65. The third kappa shape index (κ3) is 5.04. The summed E-state index contributed by atoms with van der Waals surface area (Å²) < 4.78 is 36.4. The van der Waals surface area contributed by atoms with Crippen LogP contribution in [0.2, 0.25) is 0 Å². The third-order valence-corrected chi connectivity index (χ3v) is 4.13. The Morgan fingerprint density at radius 3 is 1.94 bits per heavy atom. The quantitative estimate of drug-likeness (QED) is 0.419. The van der Waals surface area contributed by atoms with E-state index in [1.165, 1.54) is 12.3 Å². The second-order valence-electron chi connectivity index (χ2n) is 6.37. The number of rotatable bonds is 3. The molecule has 0 amide bonds. The van der Waals surface area contributed by atoms with E-state index in [2.05, 4.69) is 35.3 Å². The number of pyridine rings is 2. The van der Waals surface area contributed by atoms with Crippen molar-refractivity contribution in [2.75, 3.05) is 0 Å². The van der Waals surface area contributed by atoms with Crippen molar-refractivity contribution in [1.82, 2.24) is 35.3 Å². The maximum atomic E-state index is 12.1. The first-order valence-electron chi connectivity index (χ1n) is 9.34. The minimum atomic E-state index is -4.57. The summed E-state index contributed by atoms with van der Waals surface area (Å²) in [6, 6.07) is 22.5. The van der Waals surface area contributed by atoms with E-state index in [1.54, 1.807) is 18.3 Å². The second kappa shape index (κ2) is 9.21. The first kappa shape index (κ1) is 20.9. The van der Waals surface area contributed by atoms with Gasteiger partial charge < -0.3 is 25.4 Å². The van der Waals surface area contributed by atoms with E-state index in [4.69, 9.17) is 0 Å². The lowest BCUT2D eigenvalue weighted by Crippen LogP contribution is -2.08. The SMILES string of the molecule is FC(F)(F)c1nnc(-c2ccccn2)[n-]1.c1ccc(-c2cc(-c3ccccn3)n[n-]2)cc1. The standard InChI is InChI=1S/C14H10N3.C8H4F3N4/c1-2-6-11(7-3-1)13-10-14(17-16-13)12-8-4-5-9-15-12;9-8(10,11)7-13-6(14-15-7)5-3-1-2-4-12-5/h1-10H;1-4H/q2*-1. The monoisotopic (exact) mass is 433 g/mol. The van der Waals surface area contributed by atoms with Crippen molar-refractivity contribution in [3.8, 4) is 34.2 Å². The molecule has 0 saturated carbocycles. The summed E-state index contributed by atoms with van der Waals surface area (Å²) in [5.41, 5.74) is 3.88. The first-order chi connectivity index (χ1) is 15.5. The smallest absolute Gasteiger partial charge is 0.421 e. The fourth-order valence-electron chi connectivity index (χ4n) is 2.65. The van der Waals surface area contributed by atoms with Gasteiger partial charge in [-0.05, 0) is 35.9 Å². The molecule has 4 aromatic heterocycles. The Balaban J connectivity index is 0.000000155. The summed E-state index contributed by atoms with van der Waals surface area (Å²) in [4.78, 5) is 11.3. The van der Waals surface area contributed by atoms with Gasteiger partial charge in [0, 0.05) is 18.2 Å². The number of hydrogen-bond donors (Lipinski definition) is 0. The first-order valence-corrected chi connectivity index (χ1v) is 9.34. The maximum absolute atomic E-state index is 12.1. The highest BCUT2D eigenvalue weighted by Crippen LogP contribution is 2.26. The molecule has 32 heavy (non-hydrogen) atoms. The zero-order valence-corrected chi connectivity index (χ0v) is 16.3. The predicted octanol–water partition coefficient (Wildman–Crippen LogP) is 4.28. The molecule has 0 unspecified atom stereocenters. The summed E-state index contributed by atoms with van der Waals surface area (Å²) in [6.07, 6.45) is -1.37. The molecule has 0 bridgehead atoms. The Morgan fingerprint density at radius 2 is 1.34 bits per heavy atom. The Kier molecular flexibility index (Phi) is 6.02. The lowest BCUT2D eigenvalue weighted by atomic mass is 10.1. The van der Waals surface area contributed by atoms with Crippen LogP contribution >= 0.6 is 0 Å². The van der Waals surface area contributed by atoms with E-state index in [9.17, 15) is 13.2 Å². The lowest BCUT2D eigenvalue weighted by Gasteiger charge is -2.04. The largest absolute Gasteiger partial charge is 0.574 e. The molecule has 0 saturated heterocycles. The second-order valence-corrected chi connectivity index (χ2v) is 6.37. The van der Waals surface area contributed by atoms with Gasteiger partial charge in [0.2, 0.25) is 0 Å². The van der Waals surface area contributed by atoms with E-state index >= 15 is 0 Å². The van der Waals surface area contributed by atoms with Crippen LogP contribution in [0.4, 0.5) is 13.2 Å². The van der Waals surface area contributed by atoms with E-state index in [-0.39, 0.29) is 11.5 Å². The van der Waals surface area contributed by atoms with E-state index < -0.39 is 12.0 Å². The van der Waals surface area contributed by atoms with Gasteiger partial charge in [0.15, 0.2) is 0 Å². The van der Waals surface area contributed by atoms with Gasteiger partial charge >= 0.3 is 6.18 Å². The van der Waals surface area contributed by atoms with E-state index in [0.29, 0.717) is 0 Å². The van der Waals surface area contributed by atoms with Gasteiger partial charge in [-0.15, -0.1) is 5.69 Å². The normalized spacial score (nSPS) is 11.0. The van der Waals surface area contributed by atoms with Crippen molar-refractivity contribution in [3.63, 3.8) is 0 Å². The molecule has 10 heteroatoms. The average molecular weight is 433 g/mol. The number of hydrogen-bond acceptors (Lipinski definition) is 5. The Morgan fingerprint density at radius 1 is 0.688 bits per heavy atom. The number of nitrogens with zero attached hydrogens (tertiary/aromatic N) is 7. The van der Waals surface area contributed by atoms with Crippen molar-refractivity contribution in [2.24, 2.45) is 0 Å². The highest BCUT2D eigenvalue weighted by atomic mass is 19.4. The molecular formula is C22H14F3N7-2. The summed E-state index contributed by atoms with van der Waals surface area (Å²) in [6.45, 7) is 0. The number of halogens is 3. The summed E-state index contributed by atoms with van der Waals surface area (Å²) in [5.74, 6) is -1.37. The lowest BCUT2D eigenvalue weighted by molar-refractivity contribution is -0.145. The van der Waals surface area contributed by atoms with E-state index in [0.717, 1.165) is 22.6 Å². The summed E-state index contributed by atoms with van der Waals surface area (Å²) in [7, 11) is 0. The van der Waals surface area contributed by atoms with Gasteiger partial charge in [0.25, 0.3) is 0 Å². The number of aromatic nitrogens is 7. The molecule has 0 aliphatic carbocycles. The Bertz CT molecular complexity index is 1200. The van der Waals surface area contributed by atoms with Gasteiger partial charge in [0.05, 0.1) is 22.9 Å². The fourth-order valence-corrected chi connectivity index (χ4v) is 2.65. The fraction of sp³-hybridized carbons (Fsp3) is 0.0455. The van der Waals surface area contributed by atoms with Crippen molar-refractivity contribution < 1.29 is 13.2 Å². The van der Waals surface area contributed by atoms with Crippen LogP contribution in [0.1, 0.15) is 5.82 Å². The average Bonchev–Trinajstić information content (AvgIpc) is 3.52. The van der Waals surface area contributed by atoms with Crippen LogP contribution in [0.5, 0.6) is 0 Å². The van der Waals surface area contributed by atoms with Gasteiger partial charge in [-0.1, -0.05) is 42.5 Å². The van der Waals surface area contributed by atoms with Crippen molar-refractivity contribution in [2.45, 2.75) is 6.18 Å². The molecule has 7 nitrogen and oxygen atoms in total. The van der Waals surface area contributed by atoms with Crippen molar-refractivity contribution in [3.05, 3.63) is 91.0 Å². The van der Waals surface area contributed by atoms with Crippen LogP contribution in [0, 0.1) is 0 Å². The molecule has 0 aliphatic heterocycles. The molecule has 160 valence electrons. The zero-order valence-electron chi connectivity index (χ0n) is 16.3. The molecule has 0 fully saturated rings. The van der Waals surface area contributed by atoms with Gasteiger partial charge in [-0.3, -0.25) is 9.97 Å². The molecule has 4 heterocycles. The van der Waals surface area contributed by atoms with Crippen LogP contribution in [0.3, 0.4) is 0 Å². The molecule has 0 spiro atoms. The topological polar surface area (TPSA) is 92.7 Å². The van der Waals surface area contributed by atoms with Crippen LogP contribution in [0.15, 0.2) is 85.2 Å². The Hall–Kier alpha value is -4.34. The van der Waals surface area contributed by atoms with Crippen LogP contribution in [0.25, 0.3) is 34.2 Å². The zero-order chi connectivity index (χ0) is 22.4. The predicted molar refractivity (Wildman–Crippen MR) is 110 cm³/mol. The molecule has 1 aromatic carbocycles. The minimum Gasteiger partial charge on any atom is -0.574 e. The Labute approximate surface area is 180 Å². The van der Waals surface area contributed by atoms with Gasteiger partial charge in [0.1, 0.15) is 0 Å². The maximum Gasteiger partial charge on any atom is 0.421 e. The van der Waals surface area contributed by atoms with Crippen LogP contribution in [-0.2, 0) is 6.18 Å². The van der Waals surface area contributed by atoms with Crippen molar-refractivity contribution >= 4 is 0 Å². The molecule has 0 N–H and O–H groups in total. The van der Waals surface area contributed by atoms with Gasteiger partial charge in [-0.25, -0.2) is 0 Å². The van der Waals surface area contributed by atoms with Crippen LogP contribution < -0.4 is 10.1 Å². The number of benzene rings is 1.